The molecule has 1 rings (SSSR count). The minimum atomic E-state index is -0.832. The molecule has 0 fully saturated rings. The molecular formula is C5H9N3O2. The lowest BCUT2D eigenvalue weighted by Crippen LogP contribution is -2.11. The quantitative estimate of drug-likeness (QED) is 0.575. The number of hydrogen-bond acceptors (Lipinski definition) is 5. The van der Waals surface area contributed by atoms with E-state index in [-0.39, 0.29) is 12.4 Å². The maximum atomic E-state index is 9.02. The zero-order valence-corrected chi connectivity index (χ0v) is 5.61. The van der Waals surface area contributed by atoms with Crippen molar-refractivity contribution in [3.8, 4) is 0 Å². The van der Waals surface area contributed by atoms with E-state index in [0.717, 1.165) is 0 Å². The molecule has 1 unspecified atom stereocenters. The number of aliphatic hydroxyl groups excluding tert-OH is 1. The van der Waals surface area contributed by atoms with Crippen LogP contribution in [0.2, 0.25) is 0 Å². The van der Waals surface area contributed by atoms with Crippen molar-refractivity contribution in [1.29, 1.82) is 0 Å². The van der Waals surface area contributed by atoms with Crippen LogP contribution in [0.3, 0.4) is 0 Å². The Labute approximate surface area is 57.9 Å². The van der Waals surface area contributed by atoms with Crippen molar-refractivity contribution in [2.75, 3.05) is 6.54 Å². The van der Waals surface area contributed by atoms with E-state index in [1.165, 1.54) is 0 Å². The first-order valence-corrected chi connectivity index (χ1v) is 2.92. The van der Waals surface area contributed by atoms with Crippen molar-refractivity contribution in [1.82, 2.24) is 10.2 Å². The molecule has 1 aromatic rings. The van der Waals surface area contributed by atoms with Crippen LogP contribution in [0.5, 0.6) is 0 Å². The molecule has 0 spiro atoms. The molecule has 0 aromatic carbocycles. The molecule has 0 saturated heterocycles. The van der Waals surface area contributed by atoms with Crippen LogP contribution in [0.1, 0.15) is 17.9 Å². The maximum absolute atomic E-state index is 9.02. The Kier molecular flexibility index (Phi) is 1.98. The molecule has 0 aliphatic rings. The van der Waals surface area contributed by atoms with Gasteiger partial charge in [-0.1, -0.05) is 0 Å². The number of rotatable bonds is 2. The Bertz CT molecular complexity index is 210. The van der Waals surface area contributed by atoms with Gasteiger partial charge in [0.1, 0.15) is 6.10 Å². The maximum Gasteiger partial charge on any atom is 0.246 e. The predicted octanol–water partition coefficient (Wildman–Crippen LogP) is -0.630. The Hall–Kier alpha value is -0.940. The predicted molar refractivity (Wildman–Crippen MR) is 33.0 cm³/mol. The molecule has 5 nitrogen and oxygen atoms in total. The van der Waals surface area contributed by atoms with Crippen LogP contribution in [0.15, 0.2) is 4.42 Å². The molecular weight excluding hydrogens is 134 g/mol. The van der Waals surface area contributed by atoms with E-state index >= 15 is 0 Å². The van der Waals surface area contributed by atoms with E-state index in [0.29, 0.717) is 5.89 Å². The fourth-order valence-corrected chi connectivity index (χ4v) is 0.547. The van der Waals surface area contributed by atoms with Crippen molar-refractivity contribution in [2.45, 2.75) is 13.0 Å². The summed E-state index contributed by atoms with van der Waals surface area (Å²) in [5, 5.41) is 16.1. The fraction of sp³-hybridized carbons (Fsp3) is 0.600. The highest BCUT2D eigenvalue weighted by molar-refractivity contribution is 4.84. The smallest absolute Gasteiger partial charge is 0.246 e. The van der Waals surface area contributed by atoms with Gasteiger partial charge in [0.2, 0.25) is 11.8 Å². The Morgan fingerprint density at radius 1 is 1.70 bits per heavy atom. The highest BCUT2D eigenvalue weighted by Gasteiger charge is 2.11. The molecule has 1 atom stereocenters. The first kappa shape index (κ1) is 7.17. The second kappa shape index (κ2) is 2.76. The van der Waals surface area contributed by atoms with E-state index in [1.807, 2.05) is 0 Å². The lowest BCUT2D eigenvalue weighted by Gasteiger charge is -1.98. The van der Waals surface area contributed by atoms with E-state index in [4.69, 9.17) is 15.3 Å². The van der Waals surface area contributed by atoms with Crippen molar-refractivity contribution < 1.29 is 9.52 Å². The first-order chi connectivity index (χ1) is 4.74. The van der Waals surface area contributed by atoms with Crippen molar-refractivity contribution in [2.24, 2.45) is 5.73 Å². The van der Waals surface area contributed by atoms with E-state index in [2.05, 4.69) is 10.2 Å². The number of hydrogen-bond donors (Lipinski definition) is 2. The third kappa shape index (κ3) is 1.31. The van der Waals surface area contributed by atoms with Crippen LogP contribution >= 0.6 is 0 Å². The molecule has 56 valence electrons. The molecule has 0 aliphatic heterocycles. The Morgan fingerprint density at radius 3 is 2.80 bits per heavy atom. The van der Waals surface area contributed by atoms with Crippen LogP contribution in [-0.4, -0.2) is 21.8 Å². The number of aryl methyl sites for hydroxylation is 1. The number of nitrogens with two attached hydrogens (primary N) is 1. The van der Waals surface area contributed by atoms with Crippen molar-refractivity contribution in [3.05, 3.63) is 11.8 Å². The van der Waals surface area contributed by atoms with Gasteiger partial charge in [-0.25, -0.2) is 0 Å². The fourth-order valence-electron chi connectivity index (χ4n) is 0.547. The number of nitrogens with zero attached hydrogens (tertiary/aromatic N) is 2. The molecule has 3 N–H and O–H groups in total. The lowest BCUT2D eigenvalue weighted by molar-refractivity contribution is 0.150. The summed E-state index contributed by atoms with van der Waals surface area (Å²) in [6.45, 7) is 1.75. The van der Waals surface area contributed by atoms with E-state index in [9.17, 15) is 0 Å². The summed E-state index contributed by atoms with van der Waals surface area (Å²) in [6, 6.07) is 0. The molecule has 1 heterocycles. The zero-order valence-electron chi connectivity index (χ0n) is 5.61. The molecule has 0 bridgehead atoms. The molecule has 5 heteroatoms. The standard InChI is InChI=1S/C5H9N3O2/c1-3-7-8-5(10-3)4(9)2-6/h4,9H,2,6H2,1H3. The van der Waals surface area contributed by atoms with Crippen LogP contribution in [-0.2, 0) is 0 Å². The van der Waals surface area contributed by atoms with Gasteiger partial charge in [0.05, 0.1) is 0 Å². The monoisotopic (exact) mass is 143 g/mol. The van der Waals surface area contributed by atoms with Crippen LogP contribution in [0, 0.1) is 6.92 Å². The molecule has 1 aromatic heterocycles. The van der Waals surface area contributed by atoms with Gasteiger partial charge >= 0.3 is 0 Å². The minimum Gasteiger partial charge on any atom is -0.423 e. The van der Waals surface area contributed by atoms with Crippen molar-refractivity contribution >= 4 is 0 Å². The summed E-state index contributed by atoms with van der Waals surface area (Å²) in [6.07, 6.45) is -0.832. The summed E-state index contributed by atoms with van der Waals surface area (Å²) in [7, 11) is 0. The van der Waals surface area contributed by atoms with Gasteiger partial charge in [0.25, 0.3) is 0 Å². The Morgan fingerprint density at radius 2 is 2.40 bits per heavy atom. The second-order valence-electron chi connectivity index (χ2n) is 1.91. The summed E-state index contributed by atoms with van der Waals surface area (Å²) in [5.74, 6) is 0.613. The van der Waals surface area contributed by atoms with Gasteiger partial charge in [0.15, 0.2) is 0 Å². The average Bonchev–Trinajstić information content (AvgIpc) is 2.34. The lowest BCUT2D eigenvalue weighted by atomic mass is 10.4. The second-order valence-corrected chi connectivity index (χ2v) is 1.91. The number of aromatic nitrogens is 2. The van der Waals surface area contributed by atoms with Crippen LogP contribution in [0.4, 0.5) is 0 Å². The summed E-state index contributed by atoms with van der Waals surface area (Å²) in [4.78, 5) is 0. The molecule has 0 amide bonds. The van der Waals surface area contributed by atoms with Gasteiger partial charge in [-0.2, -0.15) is 0 Å². The SMILES string of the molecule is Cc1nnc(C(O)CN)o1. The van der Waals surface area contributed by atoms with Crippen molar-refractivity contribution in [3.63, 3.8) is 0 Å². The summed E-state index contributed by atoms with van der Waals surface area (Å²) in [5.41, 5.74) is 5.14. The van der Waals surface area contributed by atoms with E-state index < -0.39 is 6.10 Å². The molecule has 10 heavy (non-hydrogen) atoms. The average molecular weight is 143 g/mol. The summed E-state index contributed by atoms with van der Waals surface area (Å²) >= 11 is 0. The van der Waals surface area contributed by atoms with Crippen LogP contribution in [0.25, 0.3) is 0 Å². The molecule has 0 aliphatic carbocycles. The van der Waals surface area contributed by atoms with Gasteiger partial charge < -0.3 is 15.3 Å². The van der Waals surface area contributed by atoms with Gasteiger partial charge in [-0.15, -0.1) is 10.2 Å². The minimum absolute atomic E-state index is 0.0988. The normalized spacial score (nSPS) is 13.5. The van der Waals surface area contributed by atoms with Crippen LogP contribution < -0.4 is 5.73 Å². The highest BCUT2D eigenvalue weighted by Crippen LogP contribution is 2.07. The third-order valence-corrected chi connectivity index (χ3v) is 1.05. The summed E-state index contributed by atoms with van der Waals surface area (Å²) < 4.78 is 4.88. The van der Waals surface area contributed by atoms with E-state index in [1.54, 1.807) is 6.92 Å². The largest absolute Gasteiger partial charge is 0.423 e. The first-order valence-electron chi connectivity index (χ1n) is 2.92. The number of aliphatic hydroxyl groups is 1. The Balaban J connectivity index is 2.74. The van der Waals surface area contributed by atoms with Gasteiger partial charge in [-0.3, -0.25) is 0 Å². The zero-order chi connectivity index (χ0) is 7.56. The van der Waals surface area contributed by atoms with Gasteiger partial charge in [0, 0.05) is 13.5 Å². The van der Waals surface area contributed by atoms with Gasteiger partial charge in [-0.05, 0) is 0 Å². The third-order valence-electron chi connectivity index (χ3n) is 1.05. The molecule has 0 radical (unpaired) electrons. The highest BCUT2D eigenvalue weighted by atomic mass is 16.4. The topological polar surface area (TPSA) is 85.2 Å². The molecule has 0 saturated carbocycles.